The summed E-state index contributed by atoms with van der Waals surface area (Å²) in [7, 11) is 1.24. The predicted molar refractivity (Wildman–Crippen MR) is 69.2 cm³/mol. The zero-order chi connectivity index (χ0) is 13.7. The fourth-order valence-corrected chi connectivity index (χ4v) is 1.59. The maximum absolute atomic E-state index is 11.7. The number of aromatic nitrogens is 1. The third-order valence-electron chi connectivity index (χ3n) is 2.53. The van der Waals surface area contributed by atoms with Gasteiger partial charge in [0, 0.05) is 12.3 Å². The van der Waals surface area contributed by atoms with E-state index in [0.717, 1.165) is 5.56 Å². The van der Waals surface area contributed by atoms with Gasteiger partial charge < -0.3 is 14.5 Å². The summed E-state index contributed by atoms with van der Waals surface area (Å²) >= 11 is 0. The highest BCUT2D eigenvalue weighted by Crippen LogP contribution is 2.13. The SMILES string of the molecule is COC(=O)c1[nH]ccc(=O)c1OCc1ccccc1. The van der Waals surface area contributed by atoms with Crippen molar-refractivity contribution >= 4 is 5.97 Å². The van der Waals surface area contributed by atoms with Crippen molar-refractivity contribution in [1.82, 2.24) is 4.98 Å². The van der Waals surface area contributed by atoms with Crippen molar-refractivity contribution < 1.29 is 14.3 Å². The zero-order valence-electron chi connectivity index (χ0n) is 10.4. The standard InChI is InChI=1S/C14H13NO4/c1-18-14(17)12-13(11(16)7-8-15-12)19-9-10-5-3-2-4-6-10/h2-8H,9H2,1H3,(H,15,16). The molecular weight excluding hydrogens is 246 g/mol. The normalized spacial score (nSPS) is 9.95. The second kappa shape index (κ2) is 5.86. The molecule has 5 heteroatoms. The molecule has 2 rings (SSSR count). The molecule has 1 aromatic heterocycles. The molecule has 0 radical (unpaired) electrons. The van der Waals surface area contributed by atoms with Crippen LogP contribution in [0.3, 0.4) is 0 Å². The number of hydrogen-bond donors (Lipinski definition) is 1. The number of esters is 1. The van der Waals surface area contributed by atoms with Gasteiger partial charge in [0.25, 0.3) is 0 Å². The van der Waals surface area contributed by atoms with E-state index >= 15 is 0 Å². The molecule has 0 spiro atoms. The molecule has 0 amide bonds. The van der Waals surface area contributed by atoms with Crippen molar-refractivity contribution in [3.05, 3.63) is 64.1 Å². The highest BCUT2D eigenvalue weighted by atomic mass is 16.5. The second-order valence-corrected chi connectivity index (χ2v) is 3.81. The van der Waals surface area contributed by atoms with E-state index in [2.05, 4.69) is 9.72 Å². The Bertz CT molecular complexity index is 619. The number of hydrogen-bond acceptors (Lipinski definition) is 4. The molecule has 2 aromatic rings. The van der Waals surface area contributed by atoms with Crippen molar-refractivity contribution in [2.24, 2.45) is 0 Å². The first kappa shape index (κ1) is 12.9. The van der Waals surface area contributed by atoms with Gasteiger partial charge in [0.05, 0.1) is 7.11 Å². The Morgan fingerprint density at radius 2 is 1.95 bits per heavy atom. The van der Waals surface area contributed by atoms with E-state index < -0.39 is 5.97 Å². The van der Waals surface area contributed by atoms with Crippen LogP contribution in [0.15, 0.2) is 47.4 Å². The lowest BCUT2D eigenvalue weighted by atomic mass is 10.2. The van der Waals surface area contributed by atoms with Gasteiger partial charge in [0.15, 0.2) is 11.4 Å². The first-order valence-electron chi connectivity index (χ1n) is 5.69. The van der Waals surface area contributed by atoms with Crippen LogP contribution in [0.5, 0.6) is 5.75 Å². The van der Waals surface area contributed by atoms with E-state index in [1.54, 1.807) is 0 Å². The van der Waals surface area contributed by atoms with Gasteiger partial charge in [0.1, 0.15) is 6.61 Å². The van der Waals surface area contributed by atoms with Crippen LogP contribution >= 0.6 is 0 Å². The third-order valence-corrected chi connectivity index (χ3v) is 2.53. The fraction of sp³-hybridized carbons (Fsp3) is 0.143. The molecular formula is C14H13NO4. The van der Waals surface area contributed by atoms with Gasteiger partial charge in [0.2, 0.25) is 5.43 Å². The summed E-state index contributed by atoms with van der Waals surface area (Å²) in [5.41, 5.74) is 0.558. The zero-order valence-corrected chi connectivity index (χ0v) is 10.4. The second-order valence-electron chi connectivity index (χ2n) is 3.81. The van der Waals surface area contributed by atoms with E-state index in [1.165, 1.54) is 19.4 Å². The van der Waals surface area contributed by atoms with Crippen LogP contribution in [0, 0.1) is 0 Å². The number of H-pyrrole nitrogens is 1. The summed E-state index contributed by atoms with van der Waals surface area (Å²) in [6.45, 7) is 0.206. The summed E-state index contributed by atoms with van der Waals surface area (Å²) < 4.78 is 10.0. The smallest absolute Gasteiger partial charge is 0.358 e. The van der Waals surface area contributed by atoms with Crippen LogP contribution in [0.4, 0.5) is 0 Å². The molecule has 5 nitrogen and oxygen atoms in total. The van der Waals surface area contributed by atoms with Crippen LogP contribution in [-0.2, 0) is 11.3 Å². The van der Waals surface area contributed by atoms with Gasteiger partial charge in [-0.3, -0.25) is 4.79 Å². The lowest BCUT2D eigenvalue weighted by Gasteiger charge is -2.09. The van der Waals surface area contributed by atoms with Crippen LogP contribution in [0.1, 0.15) is 16.1 Å². The maximum atomic E-state index is 11.7. The quantitative estimate of drug-likeness (QED) is 0.849. The number of pyridine rings is 1. The maximum Gasteiger partial charge on any atom is 0.358 e. The Morgan fingerprint density at radius 1 is 1.21 bits per heavy atom. The third kappa shape index (κ3) is 3.01. The minimum absolute atomic E-state index is 0.0194. The van der Waals surface area contributed by atoms with Gasteiger partial charge in [-0.15, -0.1) is 0 Å². The number of carbonyl (C=O) groups is 1. The van der Waals surface area contributed by atoms with Gasteiger partial charge in [-0.1, -0.05) is 30.3 Å². The lowest BCUT2D eigenvalue weighted by molar-refractivity contribution is 0.0588. The van der Waals surface area contributed by atoms with E-state index in [9.17, 15) is 9.59 Å². The summed E-state index contributed by atoms with van der Waals surface area (Å²) in [6, 6.07) is 10.7. The average Bonchev–Trinajstić information content (AvgIpc) is 2.46. The summed E-state index contributed by atoms with van der Waals surface area (Å²) in [6.07, 6.45) is 1.38. The van der Waals surface area contributed by atoms with Crippen molar-refractivity contribution in [3.63, 3.8) is 0 Å². The fourth-order valence-electron chi connectivity index (χ4n) is 1.59. The summed E-state index contributed by atoms with van der Waals surface area (Å²) in [5, 5.41) is 0. The summed E-state index contributed by atoms with van der Waals surface area (Å²) in [5.74, 6) is -0.668. The van der Waals surface area contributed by atoms with Gasteiger partial charge in [-0.05, 0) is 5.56 Å². The molecule has 0 saturated carbocycles. The van der Waals surface area contributed by atoms with E-state index in [-0.39, 0.29) is 23.5 Å². The number of rotatable bonds is 4. The molecule has 98 valence electrons. The van der Waals surface area contributed by atoms with Crippen LogP contribution in [0.2, 0.25) is 0 Å². The highest BCUT2D eigenvalue weighted by Gasteiger charge is 2.16. The van der Waals surface area contributed by atoms with E-state index in [0.29, 0.717) is 0 Å². The van der Waals surface area contributed by atoms with E-state index in [1.807, 2.05) is 30.3 Å². The first-order valence-corrected chi connectivity index (χ1v) is 5.69. The lowest BCUT2D eigenvalue weighted by Crippen LogP contribution is -2.15. The average molecular weight is 259 g/mol. The monoisotopic (exact) mass is 259 g/mol. The van der Waals surface area contributed by atoms with Crippen LogP contribution in [-0.4, -0.2) is 18.1 Å². The molecule has 0 bridgehead atoms. The highest BCUT2D eigenvalue weighted by molar-refractivity contribution is 5.90. The predicted octanol–water partition coefficient (Wildman–Crippen LogP) is 1.74. The van der Waals surface area contributed by atoms with E-state index in [4.69, 9.17) is 4.74 Å². The molecule has 1 heterocycles. The minimum Gasteiger partial charge on any atom is -0.482 e. The van der Waals surface area contributed by atoms with Gasteiger partial charge in [-0.2, -0.15) is 0 Å². The molecule has 0 atom stereocenters. The Balaban J connectivity index is 2.24. The Morgan fingerprint density at radius 3 is 2.63 bits per heavy atom. The first-order chi connectivity index (χ1) is 9.22. The Hall–Kier alpha value is -2.56. The van der Waals surface area contributed by atoms with Crippen molar-refractivity contribution in [1.29, 1.82) is 0 Å². The molecule has 1 aromatic carbocycles. The molecule has 0 aliphatic rings. The number of nitrogens with one attached hydrogen (secondary N) is 1. The molecule has 0 fully saturated rings. The minimum atomic E-state index is -0.638. The number of benzene rings is 1. The van der Waals surface area contributed by atoms with Crippen LogP contribution in [0.25, 0.3) is 0 Å². The Kier molecular flexibility index (Phi) is 3.97. The van der Waals surface area contributed by atoms with Gasteiger partial charge in [-0.25, -0.2) is 4.79 Å². The van der Waals surface area contributed by atoms with Crippen molar-refractivity contribution in [3.8, 4) is 5.75 Å². The van der Waals surface area contributed by atoms with Crippen LogP contribution < -0.4 is 10.2 Å². The Labute approximate surface area is 109 Å². The molecule has 1 N–H and O–H groups in total. The molecule has 0 aliphatic carbocycles. The number of aromatic amines is 1. The largest absolute Gasteiger partial charge is 0.482 e. The molecule has 0 aliphatic heterocycles. The van der Waals surface area contributed by atoms with Crippen molar-refractivity contribution in [2.45, 2.75) is 6.61 Å². The molecule has 0 unspecified atom stereocenters. The number of ether oxygens (including phenoxy) is 2. The number of methoxy groups -OCH3 is 1. The number of carbonyl (C=O) groups excluding carboxylic acids is 1. The van der Waals surface area contributed by atoms with Crippen molar-refractivity contribution in [2.75, 3.05) is 7.11 Å². The molecule has 0 saturated heterocycles. The summed E-state index contributed by atoms with van der Waals surface area (Å²) in [4.78, 5) is 25.9. The topological polar surface area (TPSA) is 68.4 Å². The molecule has 19 heavy (non-hydrogen) atoms. The van der Waals surface area contributed by atoms with Gasteiger partial charge >= 0.3 is 5.97 Å².